The minimum Gasteiger partial charge on any atom is -0.448 e. The minimum atomic E-state index is -0.789. The highest BCUT2D eigenvalue weighted by Crippen LogP contribution is 2.06. The van der Waals surface area contributed by atoms with Gasteiger partial charge in [0.1, 0.15) is 6.61 Å². The summed E-state index contributed by atoms with van der Waals surface area (Å²) in [4.78, 5) is 23.5. The largest absolute Gasteiger partial charge is 0.448 e. The van der Waals surface area contributed by atoms with E-state index in [0.717, 1.165) is 25.9 Å². The lowest BCUT2D eigenvalue weighted by atomic mass is 10.4. The van der Waals surface area contributed by atoms with E-state index in [1.54, 1.807) is 0 Å². The predicted octanol–water partition coefficient (Wildman–Crippen LogP) is -0.706. The molecule has 86 valence electrons. The van der Waals surface area contributed by atoms with Crippen LogP contribution >= 0.6 is 0 Å². The Morgan fingerprint density at radius 3 is 2.60 bits per heavy atom. The molecule has 0 unspecified atom stereocenters. The number of nitrogens with two attached hydrogens (primary N) is 1. The fourth-order valence-electron chi connectivity index (χ4n) is 1.50. The molecule has 1 aliphatic heterocycles. The lowest BCUT2D eigenvalue weighted by molar-refractivity contribution is -0.129. The van der Waals surface area contributed by atoms with Gasteiger partial charge in [-0.15, -0.1) is 0 Å². The lowest BCUT2D eigenvalue weighted by Gasteiger charge is -2.15. The van der Waals surface area contributed by atoms with Gasteiger partial charge < -0.3 is 20.7 Å². The van der Waals surface area contributed by atoms with Gasteiger partial charge in [-0.05, 0) is 12.8 Å². The van der Waals surface area contributed by atoms with Crippen LogP contribution in [0.2, 0.25) is 0 Å². The van der Waals surface area contributed by atoms with Crippen molar-refractivity contribution in [2.75, 3.05) is 32.8 Å². The van der Waals surface area contributed by atoms with Gasteiger partial charge in [-0.25, -0.2) is 4.79 Å². The fourth-order valence-corrected chi connectivity index (χ4v) is 1.50. The molecule has 0 aromatic carbocycles. The molecule has 0 aromatic heterocycles. The number of carbonyl (C=O) groups is 2. The van der Waals surface area contributed by atoms with Gasteiger partial charge in [-0.3, -0.25) is 4.79 Å². The smallest absolute Gasteiger partial charge is 0.404 e. The molecule has 0 radical (unpaired) electrons. The van der Waals surface area contributed by atoms with E-state index >= 15 is 0 Å². The van der Waals surface area contributed by atoms with Gasteiger partial charge in [-0.2, -0.15) is 0 Å². The summed E-state index contributed by atoms with van der Waals surface area (Å²) in [5.74, 6) is 0.103. The van der Waals surface area contributed by atoms with Crippen molar-refractivity contribution in [1.82, 2.24) is 10.2 Å². The summed E-state index contributed by atoms with van der Waals surface area (Å²) >= 11 is 0. The molecule has 6 heteroatoms. The van der Waals surface area contributed by atoms with Gasteiger partial charge in [-0.1, -0.05) is 0 Å². The Labute approximate surface area is 88.7 Å². The number of carbonyl (C=O) groups excluding carboxylic acids is 2. The van der Waals surface area contributed by atoms with Crippen molar-refractivity contribution in [3.63, 3.8) is 0 Å². The van der Waals surface area contributed by atoms with Crippen molar-refractivity contribution in [2.24, 2.45) is 5.73 Å². The number of nitrogens with one attached hydrogen (secondary N) is 1. The van der Waals surface area contributed by atoms with Crippen LogP contribution in [-0.2, 0) is 9.53 Å². The number of hydrogen-bond donors (Lipinski definition) is 2. The van der Waals surface area contributed by atoms with Crippen LogP contribution in [0.25, 0.3) is 0 Å². The molecule has 0 atom stereocenters. The molecule has 0 aromatic rings. The number of primary amides is 1. The topological polar surface area (TPSA) is 84.7 Å². The minimum absolute atomic E-state index is 0.103. The third kappa shape index (κ3) is 4.64. The number of nitrogens with zero attached hydrogens (tertiary/aromatic N) is 1. The van der Waals surface area contributed by atoms with Crippen molar-refractivity contribution in [3.05, 3.63) is 0 Å². The third-order valence-corrected chi connectivity index (χ3v) is 2.26. The van der Waals surface area contributed by atoms with Crippen molar-refractivity contribution in [1.29, 1.82) is 0 Å². The Kier molecular flexibility index (Phi) is 4.89. The van der Waals surface area contributed by atoms with E-state index in [4.69, 9.17) is 5.73 Å². The molecule has 6 nitrogen and oxygen atoms in total. The molecule has 0 spiro atoms. The first-order valence-corrected chi connectivity index (χ1v) is 5.11. The van der Waals surface area contributed by atoms with E-state index in [0.29, 0.717) is 13.1 Å². The van der Waals surface area contributed by atoms with Gasteiger partial charge >= 0.3 is 6.09 Å². The monoisotopic (exact) mass is 215 g/mol. The summed E-state index contributed by atoms with van der Waals surface area (Å²) < 4.78 is 4.50. The number of ether oxygens (including phenoxy) is 1. The summed E-state index contributed by atoms with van der Waals surface area (Å²) in [5, 5.41) is 2.89. The summed E-state index contributed by atoms with van der Waals surface area (Å²) in [6.45, 7) is 2.66. The molecule has 0 saturated carbocycles. The van der Waals surface area contributed by atoms with Crippen LogP contribution in [0.3, 0.4) is 0 Å². The van der Waals surface area contributed by atoms with Gasteiger partial charge in [0.05, 0.1) is 6.54 Å². The molecule has 1 rings (SSSR count). The molecule has 1 heterocycles. The lowest BCUT2D eigenvalue weighted by Crippen LogP contribution is -2.37. The van der Waals surface area contributed by atoms with Gasteiger partial charge in [0.15, 0.2) is 0 Å². The van der Waals surface area contributed by atoms with E-state index < -0.39 is 6.09 Å². The van der Waals surface area contributed by atoms with Crippen LogP contribution in [0.1, 0.15) is 12.8 Å². The quantitative estimate of drug-likeness (QED) is 0.593. The standard InChI is InChI=1S/C9H17N3O3/c10-9(14)15-6-3-11-7-8(13)12-4-1-2-5-12/h11H,1-7H2,(H2,10,14). The molecular formula is C9H17N3O3. The average molecular weight is 215 g/mol. The highest BCUT2D eigenvalue weighted by Gasteiger charge is 2.16. The fraction of sp³-hybridized carbons (Fsp3) is 0.778. The number of rotatable bonds is 5. The Morgan fingerprint density at radius 2 is 2.00 bits per heavy atom. The highest BCUT2D eigenvalue weighted by atomic mass is 16.5. The highest BCUT2D eigenvalue weighted by molar-refractivity contribution is 5.78. The van der Waals surface area contributed by atoms with E-state index in [2.05, 4.69) is 10.1 Å². The second-order valence-electron chi connectivity index (χ2n) is 3.43. The molecule has 3 N–H and O–H groups in total. The molecule has 1 saturated heterocycles. The zero-order valence-electron chi connectivity index (χ0n) is 8.70. The van der Waals surface area contributed by atoms with Crippen LogP contribution < -0.4 is 11.1 Å². The van der Waals surface area contributed by atoms with Crippen LogP contribution in [0.15, 0.2) is 0 Å². The van der Waals surface area contributed by atoms with Crippen LogP contribution in [-0.4, -0.2) is 49.7 Å². The second-order valence-corrected chi connectivity index (χ2v) is 3.43. The molecule has 2 amide bonds. The number of likely N-dealkylation sites (tertiary alicyclic amines) is 1. The molecular weight excluding hydrogens is 198 g/mol. The molecule has 15 heavy (non-hydrogen) atoms. The van der Waals surface area contributed by atoms with Crippen LogP contribution in [0, 0.1) is 0 Å². The first kappa shape index (κ1) is 11.8. The first-order valence-electron chi connectivity index (χ1n) is 5.11. The number of amides is 2. The van der Waals surface area contributed by atoms with Crippen LogP contribution in [0.4, 0.5) is 4.79 Å². The SMILES string of the molecule is NC(=O)OCCNCC(=O)N1CCCC1. The Bertz CT molecular complexity index is 227. The van der Waals surface area contributed by atoms with Crippen molar-refractivity contribution in [2.45, 2.75) is 12.8 Å². The van der Waals surface area contributed by atoms with Crippen molar-refractivity contribution in [3.8, 4) is 0 Å². The molecule has 1 aliphatic rings. The van der Waals surface area contributed by atoms with Crippen molar-refractivity contribution < 1.29 is 14.3 Å². The average Bonchev–Trinajstić information content (AvgIpc) is 2.69. The van der Waals surface area contributed by atoms with Crippen molar-refractivity contribution >= 4 is 12.0 Å². The maximum absolute atomic E-state index is 11.5. The maximum atomic E-state index is 11.5. The van der Waals surface area contributed by atoms with E-state index in [9.17, 15) is 9.59 Å². The van der Waals surface area contributed by atoms with Gasteiger partial charge in [0, 0.05) is 19.6 Å². The predicted molar refractivity (Wildman–Crippen MR) is 54.2 cm³/mol. The molecule has 1 fully saturated rings. The summed E-state index contributed by atoms with van der Waals surface area (Å²) in [6.07, 6.45) is 1.40. The normalized spacial score (nSPS) is 15.3. The zero-order chi connectivity index (χ0) is 11.1. The third-order valence-electron chi connectivity index (χ3n) is 2.26. The molecule has 0 bridgehead atoms. The van der Waals surface area contributed by atoms with E-state index in [-0.39, 0.29) is 12.5 Å². The molecule has 0 aliphatic carbocycles. The Hall–Kier alpha value is -1.30. The summed E-state index contributed by atoms with van der Waals surface area (Å²) in [7, 11) is 0. The van der Waals surface area contributed by atoms with Gasteiger partial charge in [0.25, 0.3) is 0 Å². The second kappa shape index (κ2) is 6.23. The maximum Gasteiger partial charge on any atom is 0.404 e. The van der Waals surface area contributed by atoms with E-state index in [1.807, 2.05) is 4.90 Å². The first-order chi connectivity index (χ1) is 7.20. The number of hydrogen-bond acceptors (Lipinski definition) is 4. The van der Waals surface area contributed by atoms with E-state index in [1.165, 1.54) is 0 Å². The van der Waals surface area contributed by atoms with Gasteiger partial charge in [0.2, 0.25) is 5.91 Å². The summed E-state index contributed by atoms with van der Waals surface area (Å²) in [6, 6.07) is 0. The zero-order valence-corrected chi connectivity index (χ0v) is 8.70. The Morgan fingerprint density at radius 1 is 1.33 bits per heavy atom. The Balaban J connectivity index is 1.99. The summed E-state index contributed by atoms with van der Waals surface area (Å²) in [5.41, 5.74) is 4.77. The van der Waals surface area contributed by atoms with Crippen LogP contribution in [0.5, 0.6) is 0 Å².